The zero-order valence-electron chi connectivity index (χ0n) is 11.8. The van der Waals surface area contributed by atoms with Gasteiger partial charge < -0.3 is 10.2 Å². The van der Waals surface area contributed by atoms with Crippen molar-refractivity contribution < 1.29 is 0 Å². The molecule has 0 bridgehead atoms. The minimum absolute atomic E-state index is 0. The topological polar surface area (TPSA) is 15.3 Å². The largest absolute Gasteiger partial charge is 0.314 e. The Bertz CT molecular complexity index is 442. The van der Waals surface area contributed by atoms with E-state index < -0.39 is 0 Å². The maximum absolute atomic E-state index is 3.57. The van der Waals surface area contributed by atoms with Crippen LogP contribution in [0.25, 0.3) is 0 Å². The van der Waals surface area contributed by atoms with E-state index in [4.69, 9.17) is 0 Å². The molecule has 1 N–H and O–H groups in total. The van der Waals surface area contributed by atoms with Crippen molar-refractivity contribution in [1.29, 1.82) is 0 Å². The van der Waals surface area contributed by atoms with Gasteiger partial charge in [0, 0.05) is 30.1 Å². The minimum Gasteiger partial charge on any atom is -0.314 e. The number of aryl methyl sites for hydroxylation is 1. The van der Waals surface area contributed by atoms with Crippen LogP contribution in [-0.2, 0) is 12.8 Å². The van der Waals surface area contributed by atoms with Gasteiger partial charge >= 0.3 is 0 Å². The lowest BCUT2D eigenvalue weighted by atomic mass is 9.79. The lowest BCUT2D eigenvalue weighted by Gasteiger charge is -2.40. The molecule has 1 aromatic carbocycles. The summed E-state index contributed by atoms with van der Waals surface area (Å²) >= 11 is 3.57. The number of hydrogen-bond donors (Lipinski definition) is 1. The van der Waals surface area contributed by atoms with Crippen molar-refractivity contribution in [2.75, 3.05) is 26.7 Å². The van der Waals surface area contributed by atoms with E-state index >= 15 is 0 Å². The molecule has 1 saturated heterocycles. The van der Waals surface area contributed by atoms with E-state index in [0.717, 1.165) is 25.0 Å². The smallest absolute Gasteiger partial charge is 0.0249 e. The average Bonchev–Trinajstić information content (AvgIpc) is 2.39. The molecule has 1 aliphatic carbocycles. The molecule has 0 saturated carbocycles. The molecule has 1 heterocycles. The molecule has 0 amide bonds. The highest BCUT2D eigenvalue weighted by Crippen LogP contribution is 2.31. The fourth-order valence-corrected chi connectivity index (χ4v) is 3.84. The van der Waals surface area contributed by atoms with Gasteiger partial charge in [-0.25, -0.2) is 0 Å². The van der Waals surface area contributed by atoms with Crippen molar-refractivity contribution in [1.82, 2.24) is 10.2 Å². The number of fused-ring (bicyclic) bond motifs is 1. The van der Waals surface area contributed by atoms with Crippen LogP contribution in [0, 0.1) is 5.92 Å². The quantitative estimate of drug-likeness (QED) is 0.802. The summed E-state index contributed by atoms with van der Waals surface area (Å²) in [5.74, 6) is 0.816. The third-order valence-electron chi connectivity index (χ3n) is 4.54. The molecule has 0 spiro atoms. The van der Waals surface area contributed by atoms with E-state index in [1.165, 1.54) is 30.3 Å². The van der Waals surface area contributed by atoms with E-state index in [0.29, 0.717) is 0 Å². The summed E-state index contributed by atoms with van der Waals surface area (Å²) in [6, 6.07) is 7.51. The molecule has 1 fully saturated rings. The number of benzene rings is 1. The second-order valence-electron chi connectivity index (χ2n) is 5.67. The molecular weight excluding hydrogens is 359 g/mol. The third kappa shape index (κ3) is 3.89. The lowest BCUT2D eigenvalue weighted by molar-refractivity contribution is 0.133. The summed E-state index contributed by atoms with van der Waals surface area (Å²) in [5, 5.41) is 3.55. The van der Waals surface area contributed by atoms with Crippen LogP contribution < -0.4 is 5.32 Å². The van der Waals surface area contributed by atoms with Gasteiger partial charge in [0.25, 0.3) is 0 Å². The molecule has 3 rings (SSSR count). The van der Waals surface area contributed by atoms with Gasteiger partial charge in [-0.15, -0.1) is 24.8 Å². The Balaban J connectivity index is 0.000001000. The Morgan fingerprint density at radius 3 is 2.80 bits per heavy atom. The van der Waals surface area contributed by atoms with Crippen LogP contribution in [-0.4, -0.2) is 37.6 Å². The molecule has 2 aliphatic rings. The zero-order chi connectivity index (χ0) is 12.5. The Hall–Kier alpha value is 0.200. The number of halogens is 3. The van der Waals surface area contributed by atoms with Gasteiger partial charge in [0.15, 0.2) is 0 Å². The number of piperazine rings is 1. The van der Waals surface area contributed by atoms with Gasteiger partial charge in [0.1, 0.15) is 0 Å². The van der Waals surface area contributed by atoms with E-state index in [2.05, 4.69) is 51.4 Å². The maximum Gasteiger partial charge on any atom is 0.0249 e. The van der Waals surface area contributed by atoms with Gasteiger partial charge in [0.05, 0.1) is 0 Å². The van der Waals surface area contributed by atoms with E-state index in [-0.39, 0.29) is 24.8 Å². The molecule has 5 heteroatoms. The van der Waals surface area contributed by atoms with E-state index in [1.54, 1.807) is 11.1 Å². The van der Waals surface area contributed by atoms with Crippen LogP contribution in [0.3, 0.4) is 0 Å². The van der Waals surface area contributed by atoms with Crippen molar-refractivity contribution in [2.45, 2.75) is 25.3 Å². The molecule has 1 aromatic rings. The Morgan fingerprint density at radius 1 is 1.25 bits per heavy atom. The Morgan fingerprint density at radius 2 is 2.05 bits per heavy atom. The number of hydrogen-bond acceptors (Lipinski definition) is 2. The van der Waals surface area contributed by atoms with Crippen molar-refractivity contribution >= 4 is 40.7 Å². The summed E-state index contributed by atoms with van der Waals surface area (Å²) in [6.07, 6.45) is 3.82. The van der Waals surface area contributed by atoms with Crippen LogP contribution >= 0.6 is 40.7 Å². The Labute approximate surface area is 142 Å². The van der Waals surface area contributed by atoms with Crippen molar-refractivity contribution in [2.24, 2.45) is 5.92 Å². The van der Waals surface area contributed by atoms with Gasteiger partial charge in [-0.1, -0.05) is 22.0 Å². The maximum atomic E-state index is 3.57. The SMILES string of the molecule is CN1CCNCC1C1CCc2cc(Br)ccc2C1.Cl.Cl. The number of likely N-dealkylation sites (N-methyl/N-ethyl adjacent to an activating group) is 1. The number of rotatable bonds is 1. The van der Waals surface area contributed by atoms with Gasteiger partial charge in [-0.05, 0) is 55.5 Å². The first-order valence-corrected chi connectivity index (χ1v) is 7.71. The zero-order valence-corrected chi connectivity index (χ0v) is 15.0. The molecule has 0 radical (unpaired) electrons. The highest BCUT2D eigenvalue weighted by atomic mass is 79.9. The molecule has 0 aromatic heterocycles. The van der Waals surface area contributed by atoms with Crippen LogP contribution in [0.15, 0.2) is 22.7 Å². The fraction of sp³-hybridized carbons (Fsp3) is 0.600. The second kappa shape index (κ2) is 8.00. The molecule has 1 aliphatic heterocycles. The van der Waals surface area contributed by atoms with Crippen molar-refractivity contribution in [3.8, 4) is 0 Å². The van der Waals surface area contributed by atoms with E-state index in [1.807, 2.05) is 0 Å². The van der Waals surface area contributed by atoms with Crippen LogP contribution in [0.1, 0.15) is 17.5 Å². The second-order valence-corrected chi connectivity index (χ2v) is 6.58. The first kappa shape index (κ1) is 18.2. The monoisotopic (exact) mass is 380 g/mol. The predicted molar refractivity (Wildman–Crippen MR) is 93.4 cm³/mol. The van der Waals surface area contributed by atoms with Crippen molar-refractivity contribution in [3.05, 3.63) is 33.8 Å². The Kier molecular flexibility index (Phi) is 7.30. The molecule has 20 heavy (non-hydrogen) atoms. The molecule has 2 atom stereocenters. The summed E-state index contributed by atoms with van der Waals surface area (Å²) in [4.78, 5) is 2.55. The molecule has 2 unspecified atom stereocenters. The lowest BCUT2D eigenvalue weighted by Crippen LogP contribution is -2.53. The van der Waals surface area contributed by atoms with Gasteiger partial charge in [-0.2, -0.15) is 0 Å². The summed E-state index contributed by atoms with van der Waals surface area (Å²) < 4.78 is 1.22. The summed E-state index contributed by atoms with van der Waals surface area (Å²) in [5.41, 5.74) is 3.11. The third-order valence-corrected chi connectivity index (χ3v) is 5.03. The normalized spacial score (nSPS) is 26.1. The average molecular weight is 382 g/mol. The first-order valence-electron chi connectivity index (χ1n) is 6.92. The molecule has 2 nitrogen and oxygen atoms in total. The molecular formula is C15H23BrCl2N2. The van der Waals surface area contributed by atoms with Crippen LogP contribution in [0.4, 0.5) is 0 Å². The van der Waals surface area contributed by atoms with Gasteiger partial charge in [-0.3, -0.25) is 0 Å². The van der Waals surface area contributed by atoms with Gasteiger partial charge in [0.2, 0.25) is 0 Å². The highest BCUT2D eigenvalue weighted by Gasteiger charge is 2.30. The molecule has 114 valence electrons. The van der Waals surface area contributed by atoms with Crippen LogP contribution in [0.5, 0.6) is 0 Å². The highest BCUT2D eigenvalue weighted by molar-refractivity contribution is 9.10. The predicted octanol–water partition coefficient (Wildman–Crippen LogP) is 3.30. The minimum atomic E-state index is 0. The summed E-state index contributed by atoms with van der Waals surface area (Å²) in [7, 11) is 2.28. The fourth-order valence-electron chi connectivity index (χ4n) is 3.43. The number of nitrogens with zero attached hydrogens (tertiary/aromatic N) is 1. The summed E-state index contributed by atoms with van der Waals surface area (Å²) in [6.45, 7) is 3.49. The van der Waals surface area contributed by atoms with Crippen LogP contribution in [0.2, 0.25) is 0 Å². The number of nitrogens with one attached hydrogen (secondary N) is 1. The first-order chi connectivity index (χ1) is 8.74. The van der Waals surface area contributed by atoms with Crippen molar-refractivity contribution in [3.63, 3.8) is 0 Å². The standard InChI is InChI=1S/C15H21BrN2.2ClH/c1-18-7-6-17-10-15(18)13-3-2-12-9-14(16)5-4-11(12)8-13;;/h4-5,9,13,15,17H,2-3,6-8,10H2,1H3;2*1H. The van der Waals surface area contributed by atoms with E-state index in [9.17, 15) is 0 Å².